The molecular weight excluding hydrogens is 422 g/mol. The summed E-state index contributed by atoms with van der Waals surface area (Å²) < 4.78 is 12.7. The first-order valence-electron chi connectivity index (χ1n) is 9.45. The molecule has 3 rings (SSSR count). The normalized spacial score (nSPS) is 11.9. The predicted molar refractivity (Wildman–Crippen MR) is 120 cm³/mol. The number of rotatable bonds is 8. The van der Waals surface area contributed by atoms with E-state index in [2.05, 4.69) is 20.5 Å². The van der Waals surface area contributed by atoms with Crippen molar-refractivity contribution in [3.8, 4) is 22.9 Å². The van der Waals surface area contributed by atoms with Crippen LogP contribution >= 0.6 is 23.1 Å². The van der Waals surface area contributed by atoms with Gasteiger partial charge in [0.1, 0.15) is 0 Å². The third-order valence-electron chi connectivity index (χ3n) is 4.58. The highest BCUT2D eigenvalue weighted by atomic mass is 32.2. The molecule has 0 spiro atoms. The van der Waals surface area contributed by atoms with E-state index >= 15 is 0 Å². The second kappa shape index (κ2) is 9.48. The number of thioether (sulfide) groups is 1. The lowest BCUT2D eigenvalue weighted by Gasteiger charge is -2.12. The van der Waals surface area contributed by atoms with E-state index in [1.54, 1.807) is 14.2 Å². The van der Waals surface area contributed by atoms with Crippen LogP contribution in [0, 0.1) is 13.8 Å². The van der Waals surface area contributed by atoms with Gasteiger partial charge in [-0.15, -0.1) is 21.5 Å². The summed E-state index contributed by atoms with van der Waals surface area (Å²) in [6.07, 6.45) is 0. The molecule has 0 bridgehead atoms. The Hall–Kier alpha value is -2.59. The molecule has 1 amide bonds. The highest BCUT2D eigenvalue weighted by Gasteiger charge is 2.22. The smallest absolute Gasteiger partial charge is 0.239 e. The largest absolute Gasteiger partial charge is 0.493 e. The van der Waals surface area contributed by atoms with Gasteiger partial charge in [0, 0.05) is 17.0 Å². The van der Waals surface area contributed by atoms with E-state index in [0.717, 1.165) is 16.1 Å². The lowest BCUT2D eigenvalue weighted by atomic mass is 10.2. The van der Waals surface area contributed by atoms with Crippen molar-refractivity contribution in [1.29, 1.82) is 0 Å². The van der Waals surface area contributed by atoms with E-state index in [1.807, 2.05) is 50.5 Å². The molecule has 0 fully saturated rings. The minimum atomic E-state index is -0.359. The first-order chi connectivity index (χ1) is 14.4. The summed E-state index contributed by atoms with van der Waals surface area (Å²) in [5.41, 5.74) is 1.79. The van der Waals surface area contributed by atoms with Crippen LogP contribution in [-0.4, -0.2) is 45.1 Å². The van der Waals surface area contributed by atoms with Gasteiger partial charge in [-0.3, -0.25) is 4.79 Å². The number of aromatic nitrogens is 4. The van der Waals surface area contributed by atoms with E-state index in [0.29, 0.717) is 34.2 Å². The van der Waals surface area contributed by atoms with Crippen molar-refractivity contribution in [2.75, 3.05) is 19.5 Å². The number of hydrogen-bond acceptors (Lipinski definition) is 8. The van der Waals surface area contributed by atoms with Crippen LogP contribution in [0.4, 0.5) is 5.13 Å². The van der Waals surface area contributed by atoms with Crippen LogP contribution in [0.3, 0.4) is 0 Å². The van der Waals surface area contributed by atoms with Crippen molar-refractivity contribution in [3.63, 3.8) is 0 Å². The number of aryl methyl sites for hydroxylation is 2. The maximum Gasteiger partial charge on any atom is 0.239 e. The summed E-state index contributed by atoms with van der Waals surface area (Å²) in [7, 11) is 3.20. The Labute approximate surface area is 184 Å². The van der Waals surface area contributed by atoms with E-state index in [4.69, 9.17) is 9.47 Å². The van der Waals surface area contributed by atoms with Gasteiger partial charge in [-0.1, -0.05) is 11.8 Å². The van der Waals surface area contributed by atoms with Gasteiger partial charge < -0.3 is 19.4 Å². The molecule has 8 nitrogen and oxygen atoms in total. The van der Waals surface area contributed by atoms with Crippen LogP contribution in [0.15, 0.2) is 23.4 Å². The van der Waals surface area contributed by atoms with Crippen LogP contribution in [-0.2, 0) is 11.3 Å². The van der Waals surface area contributed by atoms with Crippen LogP contribution in [0.5, 0.6) is 11.5 Å². The Balaban J connectivity index is 1.79. The van der Waals surface area contributed by atoms with Crippen molar-refractivity contribution < 1.29 is 14.3 Å². The fraction of sp³-hybridized carbons (Fsp3) is 0.400. The zero-order valence-corrected chi connectivity index (χ0v) is 19.5. The maximum absolute atomic E-state index is 12.6. The minimum absolute atomic E-state index is 0.118. The van der Waals surface area contributed by atoms with Crippen LogP contribution in [0.25, 0.3) is 11.4 Å². The summed E-state index contributed by atoms with van der Waals surface area (Å²) in [5.74, 6) is 1.86. The number of thiazole rings is 1. The predicted octanol–water partition coefficient (Wildman–Crippen LogP) is 4.17. The van der Waals surface area contributed by atoms with Gasteiger partial charge >= 0.3 is 0 Å². The average Bonchev–Trinajstić information content (AvgIpc) is 3.29. The Kier molecular flexibility index (Phi) is 6.99. The molecule has 3 aromatic rings. The number of ether oxygens (including phenoxy) is 2. The SMILES string of the molecule is CCn1c(SC(C)C(=O)Nc2nc(C)c(C)s2)nnc1-c1ccc(OC)c(OC)c1. The van der Waals surface area contributed by atoms with Gasteiger partial charge in [0.2, 0.25) is 5.91 Å². The van der Waals surface area contributed by atoms with Gasteiger partial charge in [0.15, 0.2) is 27.6 Å². The molecule has 0 saturated heterocycles. The summed E-state index contributed by atoms with van der Waals surface area (Å²) in [6.45, 7) is 8.44. The number of carbonyl (C=O) groups excluding carboxylic acids is 1. The van der Waals surface area contributed by atoms with Crippen molar-refractivity contribution in [1.82, 2.24) is 19.7 Å². The zero-order valence-electron chi connectivity index (χ0n) is 17.8. The van der Waals surface area contributed by atoms with E-state index in [9.17, 15) is 4.79 Å². The number of anilines is 1. The molecule has 0 aliphatic rings. The maximum atomic E-state index is 12.6. The van der Waals surface area contributed by atoms with E-state index in [-0.39, 0.29) is 11.2 Å². The van der Waals surface area contributed by atoms with Crippen molar-refractivity contribution in [2.45, 2.75) is 44.6 Å². The number of carbonyl (C=O) groups is 1. The van der Waals surface area contributed by atoms with Gasteiger partial charge in [-0.05, 0) is 45.9 Å². The monoisotopic (exact) mass is 447 g/mol. The van der Waals surface area contributed by atoms with Crippen molar-refractivity contribution in [3.05, 3.63) is 28.8 Å². The quantitative estimate of drug-likeness (QED) is 0.518. The topological polar surface area (TPSA) is 91.2 Å². The lowest BCUT2D eigenvalue weighted by molar-refractivity contribution is -0.115. The van der Waals surface area contributed by atoms with Crippen LogP contribution in [0.1, 0.15) is 24.4 Å². The van der Waals surface area contributed by atoms with Crippen LogP contribution in [0.2, 0.25) is 0 Å². The molecule has 2 aromatic heterocycles. The molecular formula is C20H25N5O3S2. The molecule has 0 aliphatic carbocycles. The van der Waals surface area contributed by atoms with Gasteiger partial charge in [0.05, 0.1) is 25.2 Å². The molecule has 0 aliphatic heterocycles. The highest BCUT2D eigenvalue weighted by Crippen LogP contribution is 2.33. The number of amides is 1. The number of nitrogens with zero attached hydrogens (tertiary/aromatic N) is 4. The summed E-state index contributed by atoms with van der Waals surface area (Å²) in [6, 6.07) is 5.62. The van der Waals surface area contributed by atoms with Crippen LogP contribution < -0.4 is 14.8 Å². The molecule has 1 atom stereocenters. The Morgan fingerprint density at radius 3 is 2.57 bits per heavy atom. The second-order valence-corrected chi connectivity index (χ2v) is 9.04. The lowest BCUT2D eigenvalue weighted by Crippen LogP contribution is -2.22. The fourth-order valence-electron chi connectivity index (χ4n) is 2.79. The Bertz CT molecular complexity index is 1030. The summed E-state index contributed by atoms with van der Waals surface area (Å²) in [4.78, 5) is 18.1. The Morgan fingerprint density at radius 2 is 1.97 bits per heavy atom. The molecule has 30 heavy (non-hydrogen) atoms. The molecule has 2 heterocycles. The molecule has 1 aromatic carbocycles. The third kappa shape index (κ3) is 4.59. The molecule has 10 heteroatoms. The minimum Gasteiger partial charge on any atom is -0.493 e. The third-order valence-corrected chi connectivity index (χ3v) is 6.65. The van der Waals surface area contributed by atoms with Gasteiger partial charge in [0.25, 0.3) is 0 Å². The second-order valence-electron chi connectivity index (χ2n) is 6.53. The fourth-order valence-corrected chi connectivity index (χ4v) is 4.53. The molecule has 0 radical (unpaired) electrons. The number of benzene rings is 1. The molecule has 1 unspecified atom stereocenters. The van der Waals surface area contributed by atoms with E-state index in [1.165, 1.54) is 23.1 Å². The first-order valence-corrected chi connectivity index (χ1v) is 11.1. The Morgan fingerprint density at radius 1 is 1.23 bits per heavy atom. The van der Waals surface area contributed by atoms with E-state index < -0.39 is 0 Å². The summed E-state index contributed by atoms with van der Waals surface area (Å²) >= 11 is 2.84. The zero-order chi connectivity index (χ0) is 21.8. The van der Waals surface area contributed by atoms with Gasteiger partial charge in [-0.2, -0.15) is 0 Å². The number of methoxy groups -OCH3 is 2. The average molecular weight is 448 g/mol. The standard InChI is InChI=1S/C20H25N5O3S2/c1-7-25-17(14-8-9-15(27-5)16(10-14)28-6)23-24-20(25)30-13(4)18(26)22-19-21-11(2)12(3)29-19/h8-10,13H,7H2,1-6H3,(H,21,22,26). The number of nitrogens with one attached hydrogen (secondary N) is 1. The number of hydrogen-bond donors (Lipinski definition) is 1. The molecule has 160 valence electrons. The van der Waals surface area contributed by atoms with Crippen molar-refractivity contribution >= 4 is 34.1 Å². The highest BCUT2D eigenvalue weighted by molar-refractivity contribution is 8.00. The molecule has 1 N–H and O–H groups in total. The summed E-state index contributed by atoms with van der Waals surface area (Å²) in [5, 5.41) is 12.5. The first kappa shape index (κ1) is 22.1. The van der Waals surface area contributed by atoms with Crippen molar-refractivity contribution in [2.24, 2.45) is 0 Å². The molecule has 0 saturated carbocycles. The van der Waals surface area contributed by atoms with Gasteiger partial charge in [-0.25, -0.2) is 4.98 Å².